The number of benzene rings is 2. The molecule has 138 valence electrons. The first-order valence-corrected chi connectivity index (χ1v) is 9.88. The predicted octanol–water partition coefficient (Wildman–Crippen LogP) is 5.27. The molecule has 4 nitrogen and oxygen atoms in total. The second-order valence-electron chi connectivity index (χ2n) is 7.42. The van der Waals surface area contributed by atoms with Crippen LogP contribution in [0.4, 0.5) is 10.5 Å². The highest BCUT2D eigenvalue weighted by atomic mass is 32.2. The quantitative estimate of drug-likeness (QED) is 0.800. The predicted molar refractivity (Wildman–Crippen MR) is 109 cm³/mol. The minimum atomic E-state index is -0.0932. The average Bonchev–Trinajstić information content (AvgIpc) is 3.11. The van der Waals surface area contributed by atoms with Gasteiger partial charge in [-0.3, -0.25) is 0 Å². The smallest absolute Gasteiger partial charge is 0.323 e. The molecule has 1 heterocycles. The molecule has 1 aliphatic heterocycles. The van der Waals surface area contributed by atoms with Crippen molar-refractivity contribution in [3.05, 3.63) is 59.7 Å². The molecule has 0 saturated carbocycles. The van der Waals surface area contributed by atoms with Gasteiger partial charge < -0.3 is 15.0 Å². The van der Waals surface area contributed by atoms with Gasteiger partial charge in [-0.1, -0.05) is 57.2 Å². The first-order valence-electron chi connectivity index (χ1n) is 8.83. The van der Waals surface area contributed by atoms with Crippen molar-refractivity contribution in [3.8, 4) is 5.75 Å². The number of hydrogen-bond donors (Lipinski definition) is 1. The number of para-hydroxylation sites is 2. The Morgan fingerprint density at radius 3 is 2.50 bits per heavy atom. The molecule has 0 radical (unpaired) electrons. The van der Waals surface area contributed by atoms with Crippen molar-refractivity contribution in [1.82, 2.24) is 4.90 Å². The van der Waals surface area contributed by atoms with E-state index in [4.69, 9.17) is 4.74 Å². The van der Waals surface area contributed by atoms with Crippen molar-refractivity contribution in [1.29, 1.82) is 0 Å². The fourth-order valence-corrected chi connectivity index (χ4v) is 4.29. The van der Waals surface area contributed by atoms with Gasteiger partial charge in [-0.2, -0.15) is 0 Å². The third-order valence-corrected chi connectivity index (χ3v) is 5.82. The molecule has 1 fully saturated rings. The number of carbonyl (C=O) groups excluding carboxylic acids is 1. The van der Waals surface area contributed by atoms with Gasteiger partial charge in [-0.15, -0.1) is 11.8 Å². The lowest BCUT2D eigenvalue weighted by Crippen LogP contribution is -2.34. The van der Waals surface area contributed by atoms with Gasteiger partial charge >= 0.3 is 6.03 Å². The normalized spacial score (nSPS) is 17.2. The first kappa shape index (κ1) is 18.6. The summed E-state index contributed by atoms with van der Waals surface area (Å²) in [4.78, 5) is 14.7. The summed E-state index contributed by atoms with van der Waals surface area (Å²) in [5.74, 6) is 1.60. The summed E-state index contributed by atoms with van der Waals surface area (Å²) in [7, 11) is 1.61. The third-order valence-electron chi connectivity index (χ3n) is 4.56. The van der Waals surface area contributed by atoms with E-state index in [0.717, 1.165) is 17.9 Å². The number of carbonyl (C=O) groups is 1. The molecule has 1 aliphatic rings. The maximum Gasteiger partial charge on any atom is 0.323 e. The number of hydrogen-bond acceptors (Lipinski definition) is 3. The van der Waals surface area contributed by atoms with Crippen molar-refractivity contribution in [2.24, 2.45) is 0 Å². The van der Waals surface area contributed by atoms with Gasteiger partial charge in [0.1, 0.15) is 11.1 Å². The van der Waals surface area contributed by atoms with Crippen molar-refractivity contribution < 1.29 is 9.53 Å². The Morgan fingerprint density at radius 1 is 1.15 bits per heavy atom. The maximum atomic E-state index is 12.8. The SMILES string of the molecule is COc1ccccc1NC(=O)N1CCS[C@H]1c1ccc(C(C)(C)C)cc1. The second-order valence-corrected chi connectivity index (χ2v) is 8.61. The van der Waals surface area contributed by atoms with E-state index in [9.17, 15) is 4.79 Å². The van der Waals surface area contributed by atoms with Gasteiger partial charge in [0.25, 0.3) is 0 Å². The van der Waals surface area contributed by atoms with Crippen molar-refractivity contribution >= 4 is 23.5 Å². The van der Waals surface area contributed by atoms with E-state index in [1.807, 2.05) is 29.2 Å². The molecule has 2 amide bonds. The number of anilines is 1. The molecule has 0 aromatic heterocycles. The molecule has 1 N–H and O–H groups in total. The van der Waals surface area contributed by atoms with Gasteiger partial charge in [0.05, 0.1) is 12.8 Å². The van der Waals surface area contributed by atoms with Gasteiger partial charge in [0.15, 0.2) is 0 Å². The van der Waals surface area contributed by atoms with E-state index in [1.54, 1.807) is 18.9 Å². The lowest BCUT2D eigenvalue weighted by molar-refractivity contribution is 0.214. The average molecular weight is 371 g/mol. The second kappa shape index (κ2) is 7.62. The Hall–Kier alpha value is -2.14. The van der Waals surface area contributed by atoms with E-state index in [-0.39, 0.29) is 16.8 Å². The molecule has 2 aromatic rings. The Morgan fingerprint density at radius 2 is 1.85 bits per heavy atom. The molecule has 0 bridgehead atoms. The summed E-state index contributed by atoms with van der Waals surface area (Å²) in [6.45, 7) is 7.36. The van der Waals surface area contributed by atoms with Crippen molar-refractivity contribution in [2.75, 3.05) is 24.7 Å². The van der Waals surface area contributed by atoms with Gasteiger partial charge in [-0.25, -0.2) is 4.79 Å². The fraction of sp³-hybridized carbons (Fsp3) is 0.381. The lowest BCUT2D eigenvalue weighted by atomic mass is 9.87. The first-order chi connectivity index (χ1) is 12.4. The molecule has 1 saturated heterocycles. The van der Waals surface area contributed by atoms with Crippen molar-refractivity contribution in [2.45, 2.75) is 31.6 Å². The summed E-state index contributed by atoms with van der Waals surface area (Å²) >= 11 is 1.80. The number of nitrogens with zero attached hydrogens (tertiary/aromatic N) is 1. The van der Waals surface area contributed by atoms with E-state index in [1.165, 1.54) is 5.56 Å². The Bertz CT molecular complexity index is 768. The zero-order valence-corrected chi connectivity index (χ0v) is 16.6. The van der Waals surface area contributed by atoms with Crippen LogP contribution in [0.25, 0.3) is 0 Å². The summed E-state index contributed by atoms with van der Waals surface area (Å²) < 4.78 is 5.33. The number of rotatable bonds is 3. The Balaban J connectivity index is 1.76. The van der Waals surface area contributed by atoms with Gasteiger partial charge in [-0.05, 0) is 28.7 Å². The minimum absolute atomic E-state index is 0.0405. The Labute approximate surface area is 159 Å². The monoisotopic (exact) mass is 370 g/mol. The van der Waals surface area contributed by atoms with Crippen LogP contribution >= 0.6 is 11.8 Å². The van der Waals surface area contributed by atoms with E-state index in [0.29, 0.717) is 11.4 Å². The largest absolute Gasteiger partial charge is 0.495 e. The van der Waals surface area contributed by atoms with Crippen LogP contribution in [0.2, 0.25) is 0 Å². The highest BCUT2D eigenvalue weighted by molar-refractivity contribution is 7.99. The number of ether oxygens (including phenoxy) is 1. The molecule has 26 heavy (non-hydrogen) atoms. The number of methoxy groups -OCH3 is 1. The highest BCUT2D eigenvalue weighted by Gasteiger charge is 2.31. The molecular formula is C21H26N2O2S. The summed E-state index contributed by atoms with van der Waals surface area (Å²) in [6, 6.07) is 16.0. The van der Waals surface area contributed by atoms with Crippen LogP contribution in [0, 0.1) is 0 Å². The molecule has 0 unspecified atom stereocenters. The van der Waals surface area contributed by atoms with Crippen LogP contribution < -0.4 is 10.1 Å². The molecular weight excluding hydrogens is 344 g/mol. The molecule has 2 aromatic carbocycles. The number of urea groups is 1. The van der Waals surface area contributed by atoms with Crippen molar-refractivity contribution in [3.63, 3.8) is 0 Å². The van der Waals surface area contributed by atoms with Crippen LogP contribution in [0.15, 0.2) is 48.5 Å². The standard InChI is InChI=1S/C21H26N2O2S/c1-21(2,3)16-11-9-15(10-12-16)19-23(13-14-26-19)20(24)22-17-7-5-6-8-18(17)25-4/h5-12,19H,13-14H2,1-4H3,(H,22,24)/t19-/m0/s1. The summed E-state index contributed by atoms with van der Waals surface area (Å²) in [6.07, 6.45) is 0. The topological polar surface area (TPSA) is 41.6 Å². The molecule has 0 spiro atoms. The Kier molecular flexibility index (Phi) is 5.47. The van der Waals surface area contributed by atoms with Gasteiger partial charge in [0.2, 0.25) is 0 Å². The van der Waals surface area contributed by atoms with Gasteiger partial charge in [0, 0.05) is 12.3 Å². The summed E-state index contributed by atoms with van der Waals surface area (Å²) in [5.41, 5.74) is 3.28. The van der Waals surface area contributed by atoms with Crippen LogP contribution in [-0.2, 0) is 5.41 Å². The fourth-order valence-electron chi connectivity index (χ4n) is 3.04. The molecule has 1 atom stereocenters. The third kappa shape index (κ3) is 3.98. The number of thioether (sulfide) groups is 1. The molecule has 0 aliphatic carbocycles. The number of nitrogens with one attached hydrogen (secondary N) is 1. The number of amides is 2. The molecule has 3 rings (SSSR count). The lowest BCUT2D eigenvalue weighted by Gasteiger charge is -2.26. The highest BCUT2D eigenvalue weighted by Crippen LogP contribution is 2.39. The minimum Gasteiger partial charge on any atom is -0.495 e. The van der Waals surface area contributed by atoms with E-state index < -0.39 is 0 Å². The molecule has 5 heteroatoms. The van der Waals surface area contributed by atoms with Crippen LogP contribution in [-0.4, -0.2) is 30.3 Å². The maximum absolute atomic E-state index is 12.8. The zero-order valence-electron chi connectivity index (χ0n) is 15.8. The van der Waals surface area contributed by atoms with Crippen LogP contribution in [0.5, 0.6) is 5.75 Å². The van der Waals surface area contributed by atoms with Crippen LogP contribution in [0.1, 0.15) is 37.3 Å². The van der Waals surface area contributed by atoms with E-state index >= 15 is 0 Å². The van der Waals surface area contributed by atoms with Crippen LogP contribution in [0.3, 0.4) is 0 Å². The zero-order chi connectivity index (χ0) is 18.7. The van der Waals surface area contributed by atoms with E-state index in [2.05, 4.69) is 50.4 Å². The summed E-state index contributed by atoms with van der Waals surface area (Å²) in [5, 5.41) is 3.03.